The molecular weight excluding hydrogens is 208 g/mol. The lowest BCUT2D eigenvalue weighted by Crippen LogP contribution is -2.00. The fraction of sp³-hybridized carbons (Fsp3) is 0.143. The summed E-state index contributed by atoms with van der Waals surface area (Å²) < 4.78 is 0. The van der Waals surface area contributed by atoms with E-state index < -0.39 is 0 Å². The molecule has 6 heteroatoms. The predicted octanol–water partition coefficient (Wildman–Crippen LogP) is 2.13. The van der Waals surface area contributed by atoms with Crippen LogP contribution in [0.3, 0.4) is 0 Å². The molecule has 0 aliphatic heterocycles. The maximum Gasteiger partial charge on any atom is 0.184 e. The van der Waals surface area contributed by atoms with Crippen molar-refractivity contribution < 1.29 is 0 Å². The molecule has 0 fully saturated rings. The summed E-state index contributed by atoms with van der Waals surface area (Å²) in [7, 11) is 0. The van der Waals surface area contributed by atoms with Crippen molar-refractivity contribution in [3.05, 3.63) is 28.8 Å². The van der Waals surface area contributed by atoms with Crippen LogP contribution in [0.2, 0.25) is 5.15 Å². The van der Waals surface area contributed by atoms with E-state index in [-0.39, 0.29) is 0 Å². The first-order chi connectivity index (χ1) is 6.34. The van der Waals surface area contributed by atoms with Gasteiger partial charge in [0.25, 0.3) is 0 Å². The Bertz CT molecular complexity index is 370. The maximum atomic E-state index is 5.66. The molecule has 0 radical (unpaired) electrons. The van der Waals surface area contributed by atoms with Crippen molar-refractivity contribution in [1.82, 2.24) is 15.0 Å². The van der Waals surface area contributed by atoms with E-state index >= 15 is 0 Å². The molecular formula is C7H7ClN4S. The molecule has 2 aromatic heterocycles. The molecule has 0 atom stereocenters. The highest BCUT2D eigenvalue weighted by Crippen LogP contribution is 2.18. The molecule has 68 valence electrons. The average molecular weight is 215 g/mol. The van der Waals surface area contributed by atoms with E-state index in [9.17, 15) is 0 Å². The zero-order valence-corrected chi connectivity index (χ0v) is 8.19. The lowest BCUT2D eigenvalue weighted by atomic mass is 10.6. The number of hydrogen-bond donors (Lipinski definition) is 2. The Morgan fingerprint density at radius 3 is 3.15 bits per heavy atom. The van der Waals surface area contributed by atoms with Gasteiger partial charge in [-0.3, -0.25) is 0 Å². The molecule has 0 saturated heterocycles. The van der Waals surface area contributed by atoms with Gasteiger partial charge in [0.2, 0.25) is 0 Å². The van der Waals surface area contributed by atoms with Gasteiger partial charge in [0.1, 0.15) is 11.0 Å². The van der Waals surface area contributed by atoms with Gasteiger partial charge in [-0.1, -0.05) is 11.6 Å². The van der Waals surface area contributed by atoms with E-state index in [0.29, 0.717) is 11.7 Å². The topological polar surface area (TPSA) is 53.6 Å². The minimum atomic E-state index is 0.520. The first-order valence-corrected chi connectivity index (χ1v) is 4.93. The number of anilines is 1. The Hall–Kier alpha value is -1.07. The minimum absolute atomic E-state index is 0.520. The van der Waals surface area contributed by atoms with Crippen LogP contribution >= 0.6 is 22.9 Å². The molecule has 0 unspecified atom stereocenters. The van der Waals surface area contributed by atoms with E-state index in [1.807, 2.05) is 0 Å². The van der Waals surface area contributed by atoms with Crippen molar-refractivity contribution in [2.24, 2.45) is 0 Å². The standard InChI is InChI=1S/C7H7ClN4S/c8-5-4-13-7(12-5)11-3-6-9-1-2-10-6/h1-2,4H,3H2,(H,9,10)(H,11,12). The van der Waals surface area contributed by atoms with Crippen molar-refractivity contribution in [1.29, 1.82) is 0 Å². The van der Waals surface area contributed by atoms with Crippen LogP contribution in [-0.2, 0) is 6.54 Å². The molecule has 0 aliphatic rings. The molecule has 0 aliphatic carbocycles. The van der Waals surface area contributed by atoms with E-state index in [0.717, 1.165) is 11.0 Å². The number of halogens is 1. The van der Waals surface area contributed by atoms with Gasteiger partial charge in [-0.15, -0.1) is 11.3 Å². The monoisotopic (exact) mass is 214 g/mol. The molecule has 0 aromatic carbocycles. The highest BCUT2D eigenvalue weighted by Gasteiger charge is 1.99. The van der Waals surface area contributed by atoms with Crippen molar-refractivity contribution in [2.45, 2.75) is 6.54 Å². The zero-order valence-electron chi connectivity index (χ0n) is 6.62. The summed E-state index contributed by atoms with van der Waals surface area (Å²) in [6, 6.07) is 0. The number of aromatic amines is 1. The van der Waals surface area contributed by atoms with E-state index in [1.54, 1.807) is 17.8 Å². The molecule has 2 rings (SSSR count). The molecule has 13 heavy (non-hydrogen) atoms. The summed E-state index contributed by atoms with van der Waals surface area (Å²) in [5.74, 6) is 0.881. The number of H-pyrrole nitrogens is 1. The second kappa shape index (κ2) is 3.76. The average Bonchev–Trinajstić information content (AvgIpc) is 2.71. The third-order valence-corrected chi connectivity index (χ3v) is 2.56. The van der Waals surface area contributed by atoms with Crippen molar-refractivity contribution >= 4 is 28.1 Å². The molecule has 2 N–H and O–H groups in total. The van der Waals surface area contributed by atoms with Gasteiger partial charge in [0, 0.05) is 17.8 Å². The minimum Gasteiger partial charge on any atom is -0.354 e. The van der Waals surface area contributed by atoms with E-state index in [2.05, 4.69) is 20.3 Å². The molecule has 0 amide bonds. The first-order valence-electron chi connectivity index (χ1n) is 3.68. The summed E-state index contributed by atoms with van der Waals surface area (Å²) in [5, 5.41) is 6.21. The second-order valence-corrected chi connectivity index (χ2v) is 3.61. The Labute approximate surface area is 84.0 Å². The van der Waals surface area contributed by atoms with Gasteiger partial charge in [0.15, 0.2) is 5.13 Å². The van der Waals surface area contributed by atoms with Crippen LogP contribution in [-0.4, -0.2) is 15.0 Å². The second-order valence-electron chi connectivity index (χ2n) is 2.36. The normalized spacial score (nSPS) is 10.2. The molecule has 0 bridgehead atoms. The lowest BCUT2D eigenvalue weighted by molar-refractivity contribution is 0.996. The Kier molecular flexibility index (Phi) is 2.47. The third-order valence-electron chi connectivity index (χ3n) is 1.44. The largest absolute Gasteiger partial charge is 0.354 e. The highest BCUT2D eigenvalue weighted by molar-refractivity contribution is 7.14. The summed E-state index contributed by atoms with van der Waals surface area (Å²) in [6.07, 6.45) is 3.50. The third kappa shape index (κ3) is 2.19. The van der Waals surface area contributed by atoms with Crippen LogP contribution < -0.4 is 5.32 Å². The van der Waals surface area contributed by atoms with Crippen molar-refractivity contribution in [3.8, 4) is 0 Å². The van der Waals surface area contributed by atoms with Crippen LogP contribution in [0.25, 0.3) is 0 Å². The van der Waals surface area contributed by atoms with Gasteiger partial charge >= 0.3 is 0 Å². The number of imidazole rings is 1. The van der Waals surface area contributed by atoms with Crippen LogP contribution in [0.1, 0.15) is 5.82 Å². The molecule has 2 heterocycles. The first kappa shape index (κ1) is 8.52. The number of rotatable bonds is 3. The fourth-order valence-electron chi connectivity index (χ4n) is 0.889. The Balaban J connectivity index is 1.93. The molecule has 0 spiro atoms. The summed E-state index contributed by atoms with van der Waals surface area (Å²) in [5.41, 5.74) is 0. The molecule has 0 saturated carbocycles. The van der Waals surface area contributed by atoms with Gasteiger partial charge < -0.3 is 10.3 Å². The summed E-state index contributed by atoms with van der Waals surface area (Å²) in [6.45, 7) is 0.636. The predicted molar refractivity (Wildman–Crippen MR) is 53.0 cm³/mol. The smallest absolute Gasteiger partial charge is 0.184 e. The number of hydrogen-bond acceptors (Lipinski definition) is 4. The fourth-order valence-corrected chi connectivity index (χ4v) is 1.73. The molecule has 2 aromatic rings. The van der Waals surface area contributed by atoms with Crippen LogP contribution in [0.15, 0.2) is 17.8 Å². The van der Waals surface area contributed by atoms with E-state index in [4.69, 9.17) is 11.6 Å². The van der Waals surface area contributed by atoms with Crippen molar-refractivity contribution in [3.63, 3.8) is 0 Å². The summed E-state index contributed by atoms with van der Waals surface area (Å²) >= 11 is 7.13. The Morgan fingerprint density at radius 1 is 1.62 bits per heavy atom. The number of thiazole rings is 1. The van der Waals surface area contributed by atoms with Gasteiger partial charge in [0.05, 0.1) is 6.54 Å². The van der Waals surface area contributed by atoms with Gasteiger partial charge in [-0.2, -0.15) is 0 Å². The lowest BCUT2D eigenvalue weighted by Gasteiger charge is -1.97. The van der Waals surface area contributed by atoms with Gasteiger partial charge in [-0.05, 0) is 0 Å². The number of nitrogens with one attached hydrogen (secondary N) is 2. The number of aromatic nitrogens is 3. The Morgan fingerprint density at radius 2 is 2.54 bits per heavy atom. The van der Waals surface area contributed by atoms with Crippen LogP contribution in [0.5, 0.6) is 0 Å². The summed E-state index contributed by atoms with van der Waals surface area (Å²) in [4.78, 5) is 11.1. The number of nitrogens with zero attached hydrogens (tertiary/aromatic N) is 2. The van der Waals surface area contributed by atoms with Crippen LogP contribution in [0, 0.1) is 0 Å². The van der Waals surface area contributed by atoms with Crippen LogP contribution in [0.4, 0.5) is 5.13 Å². The molecule has 4 nitrogen and oxygen atoms in total. The zero-order chi connectivity index (χ0) is 9.10. The van der Waals surface area contributed by atoms with Gasteiger partial charge in [-0.25, -0.2) is 9.97 Å². The highest BCUT2D eigenvalue weighted by atomic mass is 35.5. The van der Waals surface area contributed by atoms with Crippen molar-refractivity contribution in [2.75, 3.05) is 5.32 Å². The SMILES string of the molecule is Clc1csc(NCc2ncc[nH]2)n1. The maximum absolute atomic E-state index is 5.66. The van der Waals surface area contributed by atoms with E-state index in [1.165, 1.54) is 11.3 Å². The quantitative estimate of drug-likeness (QED) is 0.823.